The summed E-state index contributed by atoms with van der Waals surface area (Å²) in [6.45, 7) is 4.23. The third kappa shape index (κ3) is 46.2. The topological polar surface area (TPSA) is 69.6 Å². The maximum Gasteiger partial charge on any atom is 0.220 e. The Morgan fingerprint density at radius 1 is 0.424 bits per heavy atom. The number of rotatable bonds is 44. The summed E-state index contributed by atoms with van der Waals surface area (Å²) >= 11 is 0. The molecule has 0 aromatic heterocycles. The second-order valence-corrected chi connectivity index (χ2v) is 16.5. The summed E-state index contributed by atoms with van der Waals surface area (Å²) in [5.74, 6) is -0.0408. The smallest absolute Gasteiger partial charge is 0.220 e. The van der Waals surface area contributed by atoms with Crippen LogP contribution in [0.3, 0.4) is 0 Å². The molecule has 0 fully saturated rings. The highest BCUT2D eigenvalue weighted by atomic mass is 16.3. The average Bonchev–Trinajstić information content (AvgIpc) is 3.24. The Hall–Kier alpha value is -2.69. The lowest BCUT2D eigenvalue weighted by Gasteiger charge is -2.22. The maximum atomic E-state index is 12.4. The minimum absolute atomic E-state index is 0.0408. The van der Waals surface area contributed by atoms with Crippen molar-refractivity contribution in [1.29, 1.82) is 0 Å². The van der Waals surface area contributed by atoms with E-state index in [9.17, 15) is 15.0 Å². The van der Waals surface area contributed by atoms with Crippen LogP contribution in [0.5, 0.6) is 0 Å². The van der Waals surface area contributed by atoms with Gasteiger partial charge in [-0.05, 0) is 77.0 Å². The summed E-state index contributed by atoms with van der Waals surface area (Å²) in [6, 6.07) is -0.543. The minimum Gasteiger partial charge on any atom is -0.394 e. The van der Waals surface area contributed by atoms with Crippen molar-refractivity contribution in [2.24, 2.45) is 0 Å². The van der Waals surface area contributed by atoms with Gasteiger partial charge in [-0.2, -0.15) is 0 Å². The van der Waals surface area contributed by atoms with Crippen molar-refractivity contribution >= 4 is 5.91 Å². The number of carbonyl (C=O) groups is 1. The molecule has 4 nitrogen and oxygen atoms in total. The van der Waals surface area contributed by atoms with E-state index in [2.05, 4.69) is 116 Å². The van der Waals surface area contributed by atoms with Crippen molar-refractivity contribution in [3.8, 4) is 0 Å². The van der Waals surface area contributed by atoms with Crippen LogP contribution in [0, 0.1) is 0 Å². The van der Waals surface area contributed by atoms with Gasteiger partial charge in [0.1, 0.15) is 0 Å². The van der Waals surface area contributed by atoms with Crippen LogP contribution >= 0.6 is 0 Å². The third-order valence-corrected chi connectivity index (χ3v) is 10.9. The predicted molar refractivity (Wildman–Crippen MR) is 262 cm³/mol. The average molecular weight is 818 g/mol. The van der Waals surface area contributed by atoms with E-state index in [1.54, 1.807) is 0 Å². The second-order valence-electron chi connectivity index (χ2n) is 16.5. The standard InChI is InChI=1S/C55H95NO3/c1-3-5-7-9-11-13-15-17-18-19-20-21-22-23-24-25-26-27-28-29-30-31-32-33-34-35-36-37-38-39-41-43-45-47-49-51-55(59)56-53(52-57)54(58)50-48-46-44-42-40-16-14-12-10-8-6-4-2/h5,7,11,13,17-18,20-21,23-24,26-27,29-30,32-33,53-54,57-58H,3-4,6,8-10,12,14-16,19,22,25,28,31,34-52H2,1-2H3,(H,56,59)/b7-5-,13-11-,18-17-,21-20-,24-23-,27-26-,30-29-,33-32-. The zero-order valence-electron chi connectivity index (χ0n) is 38.7. The largest absolute Gasteiger partial charge is 0.394 e. The fourth-order valence-corrected chi connectivity index (χ4v) is 7.08. The predicted octanol–water partition coefficient (Wildman–Crippen LogP) is 16.2. The van der Waals surface area contributed by atoms with E-state index in [4.69, 9.17) is 0 Å². The lowest BCUT2D eigenvalue weighted by atomic mass is 10.0. The van der Waals surface area contributed by atoms with Gasteiger partial charge in [-0.1, -0.05) is 239 Å². The SMILES string of the molecule is CC/C=C\C/C=C\C/C=C\C/C=C\C/C=C\C/C=C\C/C=C\C/C=C\CCCCCCCCCCCCC(=O)NC(CO)C(O)CCCCCCCCCCCCCC. The number of carbonyl (C=O) groups excluding carboxylic acids is 1. The fraction of sp³-hybridized carbons (Fsp3) is 0.691. The first-order chi connectivity index (χ1) is 29.2. The fourth-order valence-electron chi connectivity index (χ4n) is 7.08. The Morgan fingerprint density at radius 3 is 1.12 bits per heavy atom. The molecule has 1 amide bonds. The number of hydrogen-bond donors (Lipinski definition) is 3. The molecular formula is C55H95NO3. The van der Waals surface area contributed by atoms with Gasteiger partial charge in [-0.25, -0.2) is 0 Å². The molecule has 0 rings (SSSR count). The Balaban J connectivity index is 3.57. The molecule has 4 heteroatoms. The van der Waals surface area contributed by atoms with Gasteiger partial charge in [0, 0.05) is 6.42 Å². The normalized spacial score (nSPS) is 13.8. The second kappa shape index (κ2) is 49.7. The lowest BCUT2D eigenvalue weighted by Crippen LogP contribution is -2.45. The van der Waals surface area contributed by atoms with Crippen LogP contribution in [0.4, 0.5) is 0 Å². The monoisotopic (exact) mass is 818 g/mol. The summed E-state index contributed by atoms with van der Waals surface area (Å²) < 4.78 is 0. The van der Waals surface area contributed by atoms with Gasteiger partial charge in [0.05, 0.1) is 18.8 Å². The Kier molecular flexibility index (Phi) is 47.4. The number of nitrogens with one attached hydrogen (secondary N) is 1. The number of aliphatic hydroxyl groups excluding tert-OH is 2. The van der Waals surface area contributed by atoms with Crippen LogP contribution in [0.2, 0.25) is 0 Å². The van der Waals surface area contributed by atoms with E-state index in [0.29, 0.717) is 12.8 Å². The molecule has 3 N–H and O–H groups in total. The van der Waals surface area contributed by atoms with Crippen LogP contribution in [-0.2, 0) is 4.79 Å². The van der Waals surface area contributed by atoms with Gasteiger partial charge in [0.25, 0.3) is 0 Å². The molecule has 59 heavy (non-hydrogen) atoms. The molecule has 0 spiro atoms. The van der Waals surface area contributed by atoms with Gasteiger partial charge in [0.2, 0.25) is 5.91 Å². The van der Waals surface area contributed by atoms with Gasteiger partial charge in [-0.15, -0.1) is 0 Å². The van der Waals surface area contributed by atoms with Crippen molar-refractivity contribution in [2.75, 3.05) is 6.61 Å². The molecular weight excluding hydrogens is 723 g/mol. The van der Waals surface area contributed by atoms with E-state index in [-0.39, 0.29) is 12.5 Å². The Labute approximate surface area is 366 Å². The molecule has 0 aliphatic heterocycles. The van der Waals surface area contributed by atoms with Gasteiger partial charge in [-0.3, -0.25) is 4.79 Å². The minimum atomic E-state index is -0.665. The van der Waals surface area contributed by atoms with Gasteiger partial charge >= 0.3 is 0 Å². The third-order valence-electron chi connectivity index (χ3n) is 10.9. The Morgan fingerprint density at radius 2 is 0.746 bits per heavy atom. The van der Waals surface area contributed by atoms with Crippen LogP contribution < -0.4 is 5.32 Å². The van der Waals surface area contributed by atoms with Crippen molar-refractivity contribution in [2.45, 2.75) is 238 Å². The van der Waals surface area contributed by atoms with Crippen molar-refractivity contribution in [3.63, 3.8) is 0 Å². The van der Waals surface area contributed by atoms with Crippen molar-refractivity contribution < 1.29 is 15.0 Å². The van der Waals surface area contributed by atoms with Crippen LogP contribution in [-0.4, -0.2) is 34.9 Å². The summed E-state index contributed by atoms with van der Waals surface area (Å²) in [5.41, 5.74) is 0. The highest BCUT2D eigenvalue weighted by molar-refractivity contribution is 5.76. The molecule has 0 aliphatic rings. The maximum absolute atomic E-state index is 12.4. The molecule has 338 valence electrons. The van der Waals surface area contributed by atoms with E-state index >= 15 is 0 Å². The molecule has 2 unspecified atom stereocenters. The molecule has 0 saturated heterocycles. The quantitative estimate of drug-likeness (QED) is 0.0424. The molecule has 0 radical (unpaired) electrons. The Bertz CT molecular complexity index is 1110. The van der Waals surface area contributed by atoms with Crippen molar-refractivity contribution in [1.82, 2.24) is 5.32 Å². The number of hydrogen-bond acceptors (Lipinski definition) is 3. The first-order valence-corrected chi connectivity index (χ1v) is 24.9. The van der Waals surface area contributed by atoms with E-state index in [1.165, 1.54) is 122 Å². The zero-order valence-corrected chi connectivity index (χ0v) is 38.7. The van der Waals surface area contributed by atoms with E-state index in [0.717, 1.165) is 77.0 Å². The van der Waals surface area contributed by atoms with Gasteiger partial charge in [0.15, 0.2) is 0 Å². The number of allylic oxidation sites excluding steroid dienone is 16. The van der Waals surface area contributed by atoms with Crippen LogP contribution in [0.15, 0.2) is 97.2 Å². The highest BCUT2D eigenvalue weighted by Crippen LogP contribution is 2.15. The molecule has 0 aromatic carbocycles. The van der Waals surface area contributed by atoms with Gasteiger partial charge < -0.3 is 15.5 Å². The zero-order chi connectivity index (χ0) is 42.8. The molecule has 0 aromatic rings. The summed E-state index contributed by atoms with van der Waals surface area (Å²) in [6.07, 6.45) is 73.6. The van der Waals surface area contributed by atoms with E-state index in [1.807, 2.05) is 0 Å². The number of amides is 1. The summed E-state index contributed by atoms with van der Waals surface area (Å²) in [4.78, 5) is 12.4. The van der Waals surface area contributed by atoms with Crippen LogP contribution in [0.25, 0.3) is 0 Å². The summed E-state index contributed by atoms with van der Waals surface area (Å²) in [5, 5.41) is 23.2. The molecule has 2 atom stereocenters. The molecule has 0 heterocycles. The highest BCUT2D eigenvalue weighted by Gasteiger charge is 2.20. The number of aliphatic hydroxyl groups is 2. The number of unbranched alkanes of at least 4 members (excludes halogenated alkanes) is 21. The summed E-state index contributed by atoms with van der Waals surface area (Å²) in [7, 11) is 0. The van der Waals surface area contributed by atoms with Crippen LogP contribution in [0.1, 0.15) is 226 Å². The molecule has 0 aliphatic carbocycles. The van der Waals surface area contributed by atoms with E-state index < -0.39 is 12.1 Å². The lowest BCUT2D eigenvalue weighted by molar-refractivity contribution is -0.123. The first-order valence-electron chi connectivity index (χ1n) is 24.9. The molecule has 0 saturated carbocycles. The first kappa shape index (κ1) is 56.3. The van der Waals surface area contributed by atoms with Crippen molar-refractivity contribution in [3.05, 3.63) is 97.2 Å². The molecule has 0 bridgehead atoms.